The van der Waals surface area contributed by atoms with E-state index in [0.29, 0.717) is 22.3 Å². The van der Waals surface area contributed by atoms with Crippen LogP contribution in [0.5, 0.6) is 0 Å². The summed E-state index contributed by atoms with van der Waals surface area (Å²) in [6.07, 6.45) is 2.13. The van der Waals surface area contributed by atoms with E-state index in [0.717, 1.165) is 19.4 Å². The molecule has 3 nitrogen and oxygen atoms in total. The van der Waals surface area contributed by atoms with E-state index in [1.165, 1.54) is 0 Å². The molecule has 0 aromatic heterocycles. The van der Waals surface area contributed by atoms with Gasteiger partial charge in [-0.1, -0.05) is 23.2 Å². The van der Waals surface area contributed by atoms with Crippen molar-refractivity contribution in [2.75, 3.05) is 18.0 Å². The molecule has 2 fully saturated rings. The minimum absolute atomic E-state index is 0.0409. The van der Waals surface area contributed by atoms with Crippen molar-refractivity contribution in [3.8, 4) is 0 Å². The van der Waals surface area contributed by atoms with Gasteiger partial charge in [0.25, 0.3) is 0 Å². The zero-order valence-corrected chi connectivity index (χ0v) is 11.6. The lowest BCUT2D eigenvalue weighted by Gasteiger charge is -2.24. The van der Waals surface area contributed by atoms with Crippen molar-refractivity contribution in [1.29, 1.82) is 0 Å². The van der Waals surface area contributed by atoms with Crippen LogP contribution in [0.15, 0.2) is 18.2 Å². The number of carbonyl (C=O) groups is 1. The normalized spacial score (nSPS) is 26.9. The van der Waals surface area contributed by atoms with E-state index in [-0.39, 0.29) is 11.6 Å². The Balaban J connectivity index is 1.99. The Morgan fingerprint density at radius 1 is 1.33 bits per heavy atom. The standard InChI is InChI=1S/C13H14Cl2N2O/c1-13-5-2-6-17(13)12(18)16(8-13)11-7-9(14)3-4-10(11)15/h3-4,7H,2,5-6,8H2,1H3. The van der Waals surface area contributed by atoms with Gasteiger partial charge in [-0.25, -0.2) is 4.79 Å². The number of hydrogen-bond acceptors (Lipinski definition) is 1. The molecular formula is C13H14Cl2N2O. The van der Waals surface area contributed by atoms with Gasteiger partial charge in [-0.3, -0.25) is 4.90 Å². The fraction of sp³-hybridized carbons (Fsp3) is 0.462. The minimum Gasteiger partial charge on any atom is -0.317 e. The number of halogens is 2. The molecule has 1 unspecified atom stereocenters. The van der Waals surface area contributed by atoms with E-state index in [1.54, 1.807) is 23.1 Å². The first-order valence-corrected chi connectivity index (χ1v) is 6.81. The Kier molecular flexibility index (Phi) is 2.72. The third-order valence-corrected chi connectivity index (χ3v) is 4.46. The van der Waals surface area contributed by atoms with Gasteiger partial charge in [0.15, 0.2) is 0 Å². The molecule has 2 aliphatic heterocycles. The molecule has 2 aliphatic rings. The first kappa shape index (κ1) is 12.1. The molecule has 0 N–H and O–H groups in total. The maximum Gasteiger partial charge on any atom is 0.325 e. The van der Waals surface area contributed by atoms with Gasteiger partial charge in [0.1, 0.15) is 0 Å². The van der Waals surface area contributed by atoms with Crippen LogP contribution in [0.25, 0.3) is 0 Å². The SMILES string of the molecule is CC12CCCN1C(=O)N(c1cc(Cl)ccc1Cl)C2. The van der Waals surface area contributed by atoms with Gasteiger partial charge >= 0.3 is 6.03 Å². The number of nitrogens with zero attached hydrogens (tertiary/aromatic N) is 2. The number of hydrogen-bond donors (Lipinski definition) is 0. The van der Waals surface area contributed by atoms with Crippen molar-refractivity contribution in [1.82, 2.24) is 4.90 Å². The van der Waals surface area contributed by atoms with E-state index in [9.17, 15) is 4.79 Å². The van der Waals surface area contributed by atoms with Gasteiger partial charge in [0, 0.05) is 11.6 Å². The molecule has 3 rings (SSSR count). The lowest BCUT2D eigenvalue weighted by molar-refractivity contribution is 0.197. The van der Waals surface area contributed by atoms with Gasteiger partial charge in [-0.05, 0) is 38.0 Å². The predicted molar refractivity (Wildman–Crippen MR) is 73.5 cm³/mol. The van der Waals surface area contributed by atoms with Crippen LogP contribution in [-0.4, -0.2) is 29.6 Å². The molecule has 0 saturated carbocycles. The number of amides is 2. The fourth-order valence-electron chi connectivity index (χ4n) is 2.95. The average molecular weight is 285 g/mol. The van der Waals surface area contributed by atoms with Gasteiger partial charge in [0.05, 0.1) is 22.8 Å². The Bertz CT molecular complexity index is 520. The van der Waals surface area contributed by atoms with Crippen LogP contribution < -0.4 is 4.90 Å². The van der Waals surface area contributed by atoms with E-state index in [2.05, 4.69) is 6.92 Å². The number of fused-ring (bicyclic) bond motifs is 1. The summed E-state index contributed by atoms with van der Waals surface area (Å²) in [5.74, 6) is 0. The molecular weight excluding hydrogens is 271 g/mol. The predicted octanol–water partition coefficient (Wildman–Crippen LogP) is 3.79. The molecule has 1 atom stereocenters. The lowest BCUT2D eigenvalue weighted by atomic mass is 10.0. The van der Waals surface area contributed by atoms with E-state index >= 15 is 0 Å². The quantitative estimate of drug-likeness (QED) is 0.770. The Hall–Kier alpha value is -0.930. The Labute approximate surface area is 116 Å². The molecule has 0 bridgehead atoms. The van der Waals surface area contributed by atoms with Crippen molar-refractivity contribution < 1.29 is 4.79 Å². The summed E-state index contributed by atoms with van der Waals surface area (Å²) in [7, 11) is 0. The lowest BCUT2D eigenvalue weighted by Crippen LogP contribution is -2.38. The van der Waals surface area contributed by atoms with Gasteiger partial charge < -0.3 is 4.90 Å². The summed E-state index contributed by atoms with van der Waals surface area (Å²) < 4.78 is 0. The van der Waals surface area contributed by atoms with Crippen LogP contribution >= 0.6 is 23.2 Å². The maximum absolute atomic E-state index is 12.4. The molecule has 18 heavy (non-hydrogen) atoms. The average Bonchev–Trinajstić information content (AvgIpc) is 2.80. The molecule has 1 aromatic rings. The first-order valence-electron chi connectivity index (χ1n) is 6.05. The van der Waals surface area contributed by atoms with Crippen LogP contribution in [0.3, 0.4) is 0 Å². The molecule has 96 valence electrons. The molecule has 5 heteroatoms. The molecule has 2 saturated heterocycles. The largest absolute Gasteiger partial charge is 0.325 e. The van der Waals surface area contributed by atoms with Crippen molar-refractivity contribution in [3.63, 3.8) is 0 Å². The minimum atomic E-state index is -0.0528. The molecule has 2 heterocycles. The number of rotatable bonds is 1. The second kappa shape index (κ2) is 4.04. The Morgan fingerprint density at radius 2 is 2.11 bits per heavy atom. The van der Waals surface area contributed by atoms with Crippen LogP contribution in [0.1, 0.15) is 19.8 Å². The third kappa shape index (κ3) is 1.69. The van der Waals surface area contributed by atoms with Crippen molar-refractivity contribution in [2.45, 2.75) is 25.3 Å². The highest BCUT2D eigenvalue weighted by Crippen LogP contribution is 2.40. The van der Waals surface area contributed by atoms with E-state index in [4.69, 9.17) is 23.2 Å². The number of benzene rings is 1. The molecule has 0 radical (unpaired) electrons. The van der Waals surface area contributed by atoms with Crippen LogP contribution in [-0.2, 0) is 0 Å². The van der Waals surface area contributed by atoms with Gasteiger partial charge in [-0.2, -0.15) is 0 Å². The van der Waals surface area contributed by atoms with Crippen LogP contribution in [0.2, 0.25) is 10.0 Å². The van der Waals surface area contributed by atoms with Crippen molar-refractivity contribution in [3.05, 3.63) is 28.2 Å². The second-order valence-electron chi connectivity index (χ2n) is 5.22. The summed E-state index contributed by atoms with van der Waals surface area (Å²) in [6.45, 7) is 3.66. The first-order chi connectivity index (χ1) is 8.51. The van der Waals surface area contributed by atoms with Crippen LogP contribution in [0, 0.1) is 0 Å². The van der Waals surface area contributed by atoms with E-state index in [1.807, 2.05) is 4.90 Å². The monoisotopic (exact) mass is 284 g/mol. The van der Waals surface area contributed by atoms with Crippen molar-refractivity contribution in [2.24, 2.45) is 0 Å². The summed E-state index contributed by atoms with van der Waals surface area (Å²) in [5.41, 5.74) is 0.660. The highest BCUT2D eigenvalue weighted by atomic mass is 35.5. The fourth-order valence-corrected chi connectivity index (χ4v) is 3.33. The maximum atomic E-state index is 12.4. The topological polar surface area (TPSA) is 23.6 Å². The molecule has 0 spiro atoms. The zero-order chi connectivity index (χ0) is 12.9. The third-order valence-electron chi connectivity index (χ3n) is 3.91. The second-order valence-corrected chi connectivity index (χ2v) is 6.06. The number of carbonyl (C=O) groups excluding carboxylic acids is 1. The Morgan fingerprint density at radius 3 is 2.83 bits per heavy atom. The molecule has 0 aliphatic carbocycles. The van der Waals surface area contributed by atoms with Gasteiger partial charge in [0.2, 0.25) is 0 Å². The highest BCUT2D eigenvalue weighted by Gasteiger charge is 2.49. The number of urea groups is 1. The highest BCUT2D eigenvalue weighted by molar-refractivity contribution is 6.35. The summed E-state index contributed by atoms with van der Waals surface area (Å²) >= 11 is 12.2. The molecule has 2 amide bonds. The smallest absolute Gasteiger partial charge is 0.317 e. The number of anilines is 1. The molecule has 1 aromatic carbocycles. The van der Waals surface area contributed by atoms with E-state index < -0.39 is 0 Å². The van der Waals surface area contributed by atoms with Crippen LogP contribution in [0.4, 0.5) is 10.5 Å². The van der Waals surface area contributed by atoms with Gasteiger partial charge in [-0.15, -0.1) is 0 Å². The summed E-state index contributed by atoms with van der Waals surface area (Å²) in [4.78, 5) is 16.1. The zero-order valence-electron chi connectivity index (χ0n) is 10.1. The summed E-state index contributed by atoms with van der Waals surface area (Å²) in [6, 6.07) is 5.27. The van der Waals surface area contributed by atoms with Crippen molar-refractivity contribution >= 4 is 34.9 Å². The summed E-state index contributed by atoms with van der Waals surface area (Å²) in [5, 5.41) is 1.16.